The van der Waals surface area contributed by atoms with E-state index in [1.807, 2.05) is 12.1 Å². The van der Waals surface area contributed by atoms with Gasteiger partial charge in [-0.15, -0.1) is 0 Å². The molecule has 0 atom stereocenters. The summed E-state index contributed by atoms with van der Waals surface area (Å²) in [7, 11) is 0. The number of morpholine rings is 1. The number of carbonyl (C=O) groups excluding carboxylic acids is 1. The van der Waals surface area contributed by atoms with E-state index in [9.17, 15) is 4.79 Å². The normalized spacial score (nSPS) is 16.4. The minimum atomic E-state index is -0.111. The van der Waals surface area contributed by atoms with Gasteiger partial charge in [0.1, 0.15) is 0 Å². The average molecular weight is 301 g/mol. The number of fused-ring (bicyclic) bond motifs is 1. The van der Waals surface area contributed by atoms with E-state index in [1.165, 1.54) is 6.08 Å². The summed E-state index contributed by atoms with van der Waals surface area (Å²) in [5.41, 5.74) is 1.43. The zero-order valence-electron chi connectivity index (χ0n) is 12.3. The second-order valence-corrected chi connectivity index (χ2v) is 5.09. The van der Waals surface area contributed by atoms with Gasteiger partial charge in [-0.25, -0.2) is 4.98 Å². The number of hydrogen-bond donors (Lipinski definition) is 2. The second kappa shape index (κ2) is 7.15. The van der Waals surface area contributed by atoms with Crippen molar-refractivity contribution in [3.05, 3.63) is 30.1 Å². The van der Waals surface area contributed by atoms with E-state index in [1.54, 1.807) is 12.3 Å². The molecule has 0 radical (unpaired) electrons. The van der Waals surface area contributed by atoms with Crippen molar-refractivity contribution in [2.24, 2.45) is 0 Å². The molecule has 22 heavy (non-hydrogen) atoms. The molecule has 2 aromatic rings. The van der Waals surface area contributed by atoms with Gasteiger partial charge >= 0.3 is 0 Å². The van der Waals surface area contributed by atoms with Gasteiger partial charge in [0.15, 0.2) is 5.65 Å². The van der Waals surface area contributed by atoms with Crippen molar-refractivity contribution in [3.8, 4) is 0 Å². The first-order chi connectivity index (χ1) is 10.8. The van der Waals surface area contributed by atoms with Gasteiger partial charge in [0.05, 0.1) is 18.9 Å². The lowest BCUT2D eigenvalue weighted by Crippen LogP contribution is -2.41. The van der Waals surface area contributed by atoms with Crippen molar-refractivity contribution >= 4 is 23.0 Å². The maximum absolute atomic E-state index is 11.8. The Morgan fingerprint density at radius 1 is 1.45 bits per heavy atom. The van der Waals surface area contributed by atoms with E-state index in [4.69, 9.17) is 4.74 Å². The quantitative estimate of drug-likeness (QED) is 0.782. The molecule has 0 unspecified atom stereocenters. The maximum atomic E-state index is 11.8. The third-order valence-electron chi connectivity index (χ3n) is 3.59. The van der Waals surface area contributed by atoms with Crippen LogP contribution in [0.15, 0.2) is 24.4 Å². The number of nitrogens with zero attached hydrogens (tertiary/aromatic N) is 3. The largest absolute Gasteiger partial charge is 0.379 e. The monoisotopic (exact) mass is 301 g/mol. The molecule has 0 bridgehead atoms. The number of aromatic amines is 1. The van der Waals surface area contributed by atoms with Crippen LogP contribution in [0.25, 0.3) is 17.1 Å². The van der Waals surface area contributed by atoms with E-state index in [0.717, 1.165) is 43.9 Å². The van der Waals surface area contributed by atoms with E-state index in [0.29, 0.717) is 12.2 Å². The lowest BCUT2D eigenvalue weighted by Gasteiger charge is -2.26. The fourth-order valence-corrected chi connectivity index (χ4v) is 2.38. The van der Waals surface area contributed by atoms with Crippen LogP contribution in [0.1, 0.15) is 5.69 Å². The van der Waals surface area contributed by atoms with Crippen molar-refractivity contribution in [2.45, 2.75) is 0 Å². The number of pyridine rings is 1. The van der Waals surface area contributed by atoms with Gasteiger partial charge in [0.2, 0.25) is 5.91 Å². The minimum Gasteiger partial charge on any atom is -0.379 e. The molecule has 3 heterocycles. The number of amides is 1. The van der Waals surface area contributed by atoms with Crippen molar-refractivity contribution in [2.75, 3.05) is 39.4 Å². The SMILES string of the molecule is O=C(C=Cc1[nH]nc2ncccc12)NCCN1CCOCC1. The molecule has 1 aliphatic rings. The molecule has 3 rings (SSSR count). The van der Waals surface area contributed by atoms with Crippen molar-refractivity contribution in [1.29, 1.82) is 0 Å². The van der Waals surface area contributed by atoms with E-state index in [-0.39, 0.29) is 5.91 Å². The molecule has 1 amide bonds. The zero-order valence-corrected chi connectivity index (χ0v) is 12.3. The number of hydrogen-bond acceptors (Lipinski definition) is 5. The third kappa shape index (κ3) is 3.69. The molecule has 1 aliphatic heterocycles. The van der Waals surface area contributed by atoms with Crippen molar-refractivity contribution in [3.63, 3.8) is 0 Å². The standard InChI is InChI=1S/C15H19N5O2/c21-14(16-6-7-20-8-10-22-11-9-20)4-3-13-12-2-1-5-17-15(12)19-18-13/h1-5H,6-11H2,(H,16,21)(H,17,18,19). The highest BCUT2D eigenvalue weighted by Gasteiger charge is 2.09. The van der Waals surface area contributed by atoms with Crippen LogP contribution in [-0.4, -0.2) is 65.4 Å². The fraction of sp³-hybridized carbons (Fsp3) is 0.400. The van der Waals surface area contributed by atoms with E-state index < -0.39 is 0 Å². The van der Waals surface area contributed by atoms with Crippen LogP contribution in [0.4, 0.5) is 0 Å². The number of ether oxygens (including phenoxy) is 1. The highest BCUT2D eigenvalue weighted by molar-refractivity contribution is 5.94. The highest BCUT2D eigenvalue weighted by Crippen LogP contribution is 2.13. The summed E-state index contributed by atoms with van der Waals surface area (Å²) in [5, 5.41) is 10.7. The first-order valence-electron chi connectivity index (χ1n) is 7.38. The Bertz CT molecular complexity index is 661. The van der Waals surface area contributed by atoms with Gasteiger partial charge in [0.25, 0.3) is 0 Å². The van der Waals surface area contributed by atoms with Gasteiger partial charge < -0.3 is 10.1 Å². The Labute approximate surface area is 128 Å². The summed E-state index contributed by atoms with van der Waals surface area (Å²) in [6.07, 6.45) is 4.93. The average Bonchev–Trinajstić information content (AvgIpc) is 2.97. The summed E-state index contributed by atoms with van der Waals surface area (Å²) < 4.78 is 5.29. The van der Waals surface area contributed by atoms with Gasteiger partial charge in [0, 0.05) is 43.8 Å². The van der Waals surface area contributed by atoms with E-state index >= 15 is 0 Å². The molecule has 0 saturated carbocycles. The third-order valence-corrected chi connectivity index (χ3v) is 3.59. The Morgan fingerprint density at radius 2 is 2.32 bits per heavy atom. The minimum absolute atomic E-state index is 0.111. The van der Waals surface area contributed by atoms with Crippen LogP contribution in [0.2, 0.25) is 0 Å². The lowest BCUT2D eigenvalue weighted by atomic mass is 10.2. The molecule has 7 heteroatoms. The summed E-state index contributed by atoms with van der Waals surface area (Å²) >= 11 is 0. The number of H-pyrrole nitrogens is 1. The molecular formula is C15H19N5O2. The topological polar surface area (TPSA) is 83.1 Å². The molecule has 0 aliphatic carbocycles. The van der Waals surface area contributed by atoms with Crippen LogP contribution in [0.5, 0.6) is 0 Å². The summed E-state index contributed by atoms with van der Waals surface area (Å²) in [4.78, 5) is 18.2. The Kier molecular flexibility index (Phi) is 4.77. The molecule has 2 aromatic heterocycles. The first kappa shape index (κ1) is 14.7. The number of carbonyl (C=O) groups is 1. The lowest BCUT2D eigenvalue weighted by molar-refractivity contribution is -0.116. The van der Waals surface area contributed by atoms with Gasteiger partial charge in [-0.3, -0.25) is 14.8 Å². The molecule has 1 fully saturated rings. The Morgan fingerprint density at radius 3 is 3.18 bits per heavy atom. The second-order valence-electron chi connectivity index (χ2n) is 5.09. The fourth-order valence-electron chi connectivity index (χ4n) is 2.38. The summed E-state index contributed by atoms with van der Waals surface area (Å²) in [5.74, 6) is -0.111. The van der Waals surface area contributed by atoms with E-state index in [2.05, 4.69) is 25.4 Å². The zero-order chi connectivity index (χ0) is 15.2. The molecule has 7 nitrogen and oxygen atoms in total. The smallest absolute Gasteiger partial charge is 0.244 e. The predicted molar refractivity (Wildman–Crippen MR) is 83.2 cm³/mol. The number of rotatable bonds is 5. The molecule has 2 N–H and O–H groups in total. The first-order valence-corrected chi connectivity index (χ1v) is 7.38. The maximum Gasteiger partial charge on any atom is 0.244 e. The van der Waals surface area contributed by atoms with Crippen LogP contribution in [0, 0.1) is 0 Å². The molecule has 116 valence electrons. The molecular weight excluding hydrogens is 282 g/mol. The molecule has 0 spiro atoms. The Hall–Kier alpha value is -2.25. The number of aromatic nitrogens is 3. The Balaban J connectivity index is 1.48. The van der Waals surface area contributed by atoms with Crippen LogP contribution in [-0.2, 0) is 9.53 Å². The van der Waals surface area contributed by atoms with Crippen molar-refractivity contribution < 1.29 is 9.53 Å². The number of nitrogens with one attached hydrogen (secondary N) is 2. The predicted octanol–water partition coefficient (Wildman–Crippen LogP) is 0.419. The molecule has 0 aromatic carbocycles. The molecule has 1 saturated heterocycles. The summed E-state index contributed by atoms with van der Waals surface area (Å²) in [6, 6.07) is 3.76. The van der Waals surface area contributed by atoms with Crippen LogP contribution in [0.3, 0.4) is 0 Å². The highest BCUT2D eigenvalue weighted by atomic mass is 16.5. The van der Waals surface area contributed by atoms with Crippen LogP contribution < -0.4 is 5.32 Å². The van der Waals surface area contributed by atoms with Gasteiger partial charge in [-0.2, -0.15) is 5.10 Å². The van der Waals surface area contributed by atoms with Crippen LogP contribution >= 0.6 is 0 Å². The van der Waals surface area contributed by atoms with Gasteiger partial charge in [-0.05, 0) is 18.2 Å². The van der Waals surface area contributed by atoms with Gasteiger partial charge in [-0.1, -0.05) is 0 Å². The summed E-state index contributed by atoms with van der Waals surface area (Å²) in [6.45, 7) is 4.88. The van der Waals surface area contributed by atoms with Crippen molar-refractivity contribution in [1.82, 2.24) is 25.4 Å².